The van der Waals surface area contributed by atoms with Crippen LogP contribution in [0, 0.1) is 0 Å². The largest absolute Gasteiger partial charge is 0.478 e. The van der Waals surface area contributed by atoms with Crippen molar-refractivity contribution in [3.8, 4) is 0 Å². The van der Waals surface area contributed by atoms with E-state index in [2.05, 4.69) is 0 Å². The van der Waals surface area contributed by atoms with Gasteiger partial charge in [0.25, 0.3) is 26.3 Å². The predicted octanol–water partition coefficient (Wildman–Crippen LogP) is 2.47. The molecule has 0 aromatic heterocycles. The third-order valence-electron chi connectivity index (χ3n) is 5.41. The second-order valence-electron chi connectivity index (χ2n) is 7.44. The van der Waals surface area contributed by atoms with E-state index in [0.717, 1.165) is 10.8 Å². The summed E-state index contributed by atoms with van der Waals surface area (Å²) in [6.07, 6.45) is 0. The van der Waals surface area contributed by atoms with Gasteiger partial charge in [0.2, 0.25) is 0 Å². The molecule has 0 aliphatic carbocycles. The molecule has 160 valence electrons. The molecular weight excluding hydrogens is 422 g/mol. The van der Waals surface area contributed by atoms with Gasteiger partial charge >= 0.3 is 11.9 Å². The van der Waals surface area contributed by atoms with Crippen LogP contribution in [0.1, 0.15) is 20.7 Å². The van der Waals surface area contributed by atoms with Crippen LogP contribution in [-0.2, 0) is 4.74 Å². The van der Waals surface area contributed by atoms with Crippen LogP contribution in [-0.4, -0.2) is 48.4 Å². The molecule has 9 heteroatoms. The first-order valence-corrected chi connectivity index (χ1v) is 10.1. The van der Waals surface area contributed by atoms with Crippen molar-refractivity contribution >= 4 is 70.7 Å². The molecule has 0 aliphatic heterocycles. The van der Waals surface area contributed by atoms with Crippen LogP contribution < -0.4 is 10.9 Å². The molecule has 7 nitrogen and oxygen atoms in total. The summed E-state index contributed by atoms with van der Waals surface area (Å²) in [5, 5.41) is 21.7. The van der Waals surface area contributed by atoms with Crippen molar-refractivity contribution in [3.63, 3.8) is 0 Å². The Balaban J connectivity index is 1.60. The number of fused-ring (bicyclic) bond motifs is 2. The highest BCUT2D eigenvalue weighted by molar-refractivity contribution is 6.89. The van der Waals surface area contributed by atoms with Gasteiger partial charge in [-0.25, -0.2) is 9.59 Å². The number of carboxylic acid groups (broad SMARTS) is 2. The minimum Gasteiger partial charge on any atom is -0.478 e. The molecule has 4 rings (SSSR count). The Bertz CT molecular complexity index is 1340. The quantitative estimate of drug-likeness (QED) is 0.351. The third-order valence-corrected chi connectivity index (χ3v) is 5.41. The Labute approximate surface area is 189 Å². The Morgan fingerprint density at radius 2 is 0.970 bits per heavy atom. The average Bonchev–Trinajstić information content (AvgIpc) is 2.79. The molecule has 0 unspecified atom stereocenters. The summed E-state index contributed by atoms with van der Waals surface area (Å²) < 4.78 is 4.96. The molecule has 0 atom stereocenters. The van der Waals surface area contributed by atoms with Gasteiger partial charge in [0.15, 0.2) is 0 Å². The first-order valence-electron chi connectivity index (χ1n) is 10.1. The number of carboxylic acids is 2. The summed E-state index contributed by atoms with van der Waals surface area (Å²) in [6.45, 7) is 0. The lowest BCUT2D eigenvalue weighted by Gasteiger charge is -2.11. The average molecular weight is 438 g/mol. The second-order valence-corrected chi connectivity index (χ2v) is 7.44. The fraction of sp³-hybridized carbons (Fsp3) is 0. The van der Waals surface area contributed by atoms with Crippen LogP contribution in [0.25, 0.3) is 21.5 Å². The molecule has 33 heavy (non-hydrogen) atoms. The van der Waals surface area contributed by atoms with Gasteiger partial charge in [-0.1, -0.05) is 60.7 Å². The van der Waals surface area contributed by atoms with Crippen molar-refractivity contribution in [3.05, 3.63) is 83.9 Å². The Kier molecular flexibility index (Phi) is 5.95. The van der Waals surface area contributed by atoms with Crippen molar-refractivity contribution in [2.24, 2.45) is 0 Å². The molecule has 0 radical (unpaired) electrons. The highest BCUT2D eigenvalue weighted by atomic mass is 16.6. The van der Waals surface area contributed by atoms with Crippen LogP contribution in [0.2, 0.25) is 0 Å². The smallest absolute Gasteiger partial charge is 0.335 e. The van der Waals surface area contributed by atoms with Gasteiger partial charge in [0.1, 0.15) is 0 Å². The van der Waals surface area contributed by atoms with E-state index >= 15 is 0 Å². The van der Waals surface area contributed by atoms with Gasteiger partial charge in [-0.05, 0) is 44.6 Å². The number of rotatable bonds is 6. The summed E-state index contributed by atoms with van der Waals surface area (Å²) >= 11 is 0. The van der Waals surface area contributed by atoms with Gasteiger partial charge in [-0.15, -0.1) is 0 Å². The molecule has 0 aliphatic rings. The van der Waals surface area contributed by atoms with Gasteiger partial charge < -0.3 is 14.9 Å². The molecular formula is C24H16B2O7. The van der Waals surface area contributed by atoms with E-state index in [-0.39, 0.29) is 22.1 Å². The van der Waals surface area contributed by atoms with Gasteiger partial charge in [-0.2, -0.15) is 0 Å². The minimum atomic E-state index is -1.20. The zero-order chi connectivity index (χ0) is 23.5. The van der Waals surface area contributed by atoms with Crippen LogP contribution in [0.3, 0.4) is 0 Å². The molecule has 0 heterocycles. The SMILES string of the molecule is O=C(Bc1c(C(=O)O)ccc2ccccc12)OC(=O)Bc1c(C(=O)O)ccc2ccccc12. The lowest BCUT2D eigenvalue weighted by molar-refractivity contribution is 0.0687. The molecule has 0 saturated heterocycles. The topological polar surface area (TPSA) is 118 Å². The zero-order valence-corrected chi connectivity index (χ0v) is 17.3. The monoisotopic (exact) mass is 438 g/mol. The number of hydrogen-bond donors (Lipinski definition) is 2. The molecule has 0 bridgehead atoms. The summed E-state index contributed by atoms with van der Waals surface area (Å²) in [5.74, 6) is -4.24. The summed E-state index contributed by atoms with van der Waals surface area (Å²) in [6, 6.07) is 20.1. The van der Waals surface area contributed by atoms with Crippen LogP contribution in [0.4, 0.5) is 9.59 Å². The maximum Gasteiger partial charge on any atom is 0.335 e. The maximum absolute atomic E-state index is 12.6. The molecule has 0 saturated carbocycles. The van der Waals surface area contributed by atoms with E-state index in [1.54, 1.807) is 60.7 Å². The summed E-state index contributed by atoms with van der Waals surface area (Å²) in [5.41, 5.74) is 0.380. The number of ether oxygens (including phenoxy) is 1. The molecule has 0 fully saturated rings. The maximum atomic E-state index is 12.6. The van der Waals surface area contributed by atoms with Crippen molar-refractivity contribution in [2.45, 2.75) is 0 Å². The van der Waals surface area contributed by atoms with Gasteiger partial charge in [0.05, 0.1) is 11.1 Å². The molecule has 2 N–H and O–H groups in total. The highest BCUT2D eigenvalue weighted by Gasteiger charge is 2.23. The van der Waals surface area contributed by atoms with Crippen LogP contribution in [0.15, 0.2) is 72.8 Å². The van der Waals surface area contributed by atoms with E-state index < -0.39 is 38.2 Å². The molecule has 0 spiro atoms. The second kappa shape index (κ2) is 9.00. The van der Waals surface area contributed by atoms with Gasteiger partial charge in [-0.3, -0.25) is 9.59 Å². The molecule has 4 aromatic rings. The minimum absolute atomic E-state index is 0.0553. The van der Waals surface area contributed by atoms with Crippen LogP contribution >= 0.6 is 0 Å². The van der Waals surface area contributed by atoms with E-state index in [4.69, 9.17) is 4.74 Å². The number of carbonyl (C=O) groups excluding carboxylic acids is 2. The number of benzene rings is 4. The third kappa shape index (κ3) is 4.48. The molecule has 4 aromatic carbocycles. The Morgan fingerprint density at radius 1 is 0.576 bits per heavy atom. The lowest BCUT2D eigenvalue weighted by Crippen LogP contribution is -2.35. The van der Waals surface area contributed by atoms with Crippen molar-refractivity contribution in [2.75, 3.05) is 0 Å². The predicted molar refractivity (Wildman–Crippen MR) is 127 cm³/mol. The fourth-order valence-electron chi connectivity index (χ4n) is 3.94. The first-order chi connectivity index (χ1) is 15.8. The highest BCUT2D eigenvalue weighted by Crippen LogP contribution is 2.15. The standard InChI is InChI=1S/C24H16B2O7/c27-21(28)17-11-9-13-5-1-3-7-15(13)19(17)25-23(31)33-24(32)26-20-16-8-4-2-6-14(16)10-12-18(20)22(29)30/h1-12,25-26H,(H,27,28)(H,29,30). The van der Waals surface area contributed by atoms with E-state index in [1.165, 1.54) is 12.1 Å². The van der Waals surface area contributed by atoms with Crippen LogP contribution in [0.5, 0.6) is 0 Å². The van der Waals surface area contributed by atoms with E-state index in [1.807, 2.05) is 0 Å². The fourth-order valence-corrected chi connectivity index (χ4v) is 3.94. The van der Waals surface area contributed by atoms with Gasteiger partial charge in [0, 0.05) is 0 Å². The molecule has 0 amide bonds. The van der Waals surface area contributed by atoms with Crippen molar-refractivity contribution in [1.82, 2.24) is 0 Å². The lowest BCUT2D eigenvalue weighted by atomic mass is 9.64. The Morgan fingerprint density at radius 3 is 1.36 bits per heavy atom. The number of carbonyl (C=O) groups is 4. The number of hydrogen-bond acceptors (Lipinski definition) is 5. The van der Waals surface area contributed by atoms with E-state index in [0.29, 0.717) is 10.8 Å². The Hall–Kier alpha value is -4.39. The zero-order valence-electron chi connectivity index (χ0n) is 17.3. The first kappa shape index (κ1) is 21.8. The van der Waals surface area contributed by atoms with Crippen molar-refractivity contribution in [1.29, 1.82) is 0 Å². The summed E-state index contributed by atoms with van der Waals surface area (Å²) in [4.78, 5) is 48.4. The van der Waals surface area contributed by atoms with Crippen molar-refractivity contribution < 1.29 is 34.1 Å². The normalized spacial score (nSPS) is 10.5. The number of aromatic carboxylic acids is 2. The van der Waals surface area contributed by atoms with E-state index in [9.17, 15) is 29.4 Å². The summed E-state index contributed by atoms with van der Waals surface area (Å²) in [7, 11) is -0.841.